The number of phenols is 1. The summed E-state index contributed by atoms with van der Waals surface area (Å²) in [5.74, 6) is -8.80. The predicted molar refractivity (Wildman–Crippen MR) is 183 cm³/mol. The maximum atomic E-state index is 15.2. The molecule has 4 fully saturated rings. The van der Waals surface area contributed by atoms with Gasteiger partial charge in [-0.2, -0.15) is 5.01 Å². The first-order chi connectivity index (χ1) is 25.3. The molecule has 53 heavy (non-hydrogen) atoms. The lowest BCUT2D eigenvalue weighted by molar-refractivity contribution is -0.274. The molecule has 276 valence electrons. The number of halogens is 5. The van der Waals surface area contributed by atoms with Crippen molar-refractivity contribution in [2.45, 2.75) is 68.7 Å². The van der Waals surface area contributed by atoms with Crippen molar-refractivity contribution in [3.63, 3.8) is 0 Å². The molecule has 8 rings (SSSR count). The Hall–Kier alpha value is -4.91. The van der Waals surface area contributed by atoms with Gasteiger partial charge in [0, 0.05) is 22.5 Å². The number of nitrogens with one attached hydrogen (secondary N) is 1. The SMILES string of the molecule is O=C1C2CC3C(=CCC4C(=O)N(C5CCCCC5)C(=O)C43)C(c3cc(OC(F)(F)F)ccc3O)C2(c2ccc(Cl)cc2)C(=O)N1Nc1ccc(F)cc1. The molecule has 2 aliphatic heterocycles. The molecule has 3 aromatic carbocycles. The summed E-state index contributed by atoms with van der Waals surface area (Å²) in [6.07, 6.45) is 0.838. The van der Waals surface area contributed by atoms with Crippen LogP contribution in [0.5, 0.6) is 11.5 Å². The molecule has 5 aliphatic rings. The minimum Gasteiger partial charge on any atom is -0.508 e. The number of ether oxygens (including phenoxy) is 1. The van der Waals surface area contributed by atoms with Crippen LogP contribution in [0.4, 0.5) is 23.2 Å². The molecule has 14 heteroatoms. The zero-order chi connectivity index (χ0) is 37.4. The van der Waals surface area contributed by atoms with Crippen LogP contribution in [-0.2, 0) is 24.6 Å². The van der Waals surface area contributed by atoms with E-state index in [1.54, 1.807) is 18.2 Å². The molecular formula is C39H34ClF4N3O6. The Bertz CT molecular complexity index is 2030. The number of hydrazine groups is 1. The number of carbonyl (C=O) groups is 4. The highest BCUT2D eigenvalue weighted by atomic mass is 35.5. The van der Waals surface area contributed by atoms with Gasteiger partial charge in [0.15, 0.2) is 0 Å². The lowest BCUT2D eigenvalue weighted by Gasteiger charge is -2.50. The first-order valence-electron chi connectivity index (χ1n) is 17.6. The number of allylic oxidation sites excluding steroid dienone is 2. The van der Waals surface area contributed by atoms with E-state index >= 15 is 4.79 Å². The van der Waals surface area contributed by atoms with Gasteiger partial charge in [-0.1, -0.05) is 54.6 Å². The van der Waals surface area contributed by atoms with Crippen molar-refractivity contribution in [3.8, 4) is 11.5 Å². The van der Waals surface area contributed by atoms with E-state index in [0.29, 0.717) is 29.0 Å². The number of benzene rings is 3. The Kier molecular flexibility index (Phi) is 8.55. The lowest BCUT2D eigenvalue weighted by Crippen LogP contribution is -2.53. The Labute approximate surface area is 306 Å². The fourth-order valence-corrected chi connectivity index (χ4v) is 9.81. The monoisotopic (exact) mass is 751 g/mol. The molecule has 3 aliphatic carbocycles. The quantitative estimate of drug-likeness (QED) is 0.153. The second kappa shape index (κ2) is 12.9. The molecule has 3 aromatic rings. The second-order valence-corrected chi connectivity index (χ2v) is 14.9. The molecular weight excluding hydrogens is 718 g/mol. The Morgan fingerprint density at radius 1 is 0.868 bits per heavy atom. The highest BCUT2D eigenvalue weighted by Crippen LogP contribution is 2.65. The fourth-order valence-electron chi connectivity index (χ4n) is 9.68. The topological polar surface area (TPSA) is 116 Å². The van der Waals surface area contributed by atoms with Crippen molar-refractivity contribution in [2.75, 3.05) is 5.43 Å². The number of hydrogen-bond acceptors (Lipinski definition) is 7. The van der Waals surface area contributed by atoms with Crippen LogP contribution in [0, 0.1) is 29.5 Å². The summed E-state index contributed by atoms with van der Waals surface area (Å²) in [7, 11) is 0. The van der Waals surface area contributed by atoms with Crippen molar-refractivity contribution in [3.05, 3.63) is 100 Å². The maximum Gasteiger partial charge on any atom is 0.573 e. The van der Waals surface area contributed by atoms with Gasteiger partial charge in [0.1, 0.15) is 17.3 Å². The number of carbonyl (C=O) groups excluding carboxylic acids is 4. The second-order valence-electron chi connectivity index (χ2n) is 14.5. The average Bonchev–Trinajstić information content (AvgIpc) is 3.51. The minimum absolute atomic E-state index is 0.0602. The van der Waals surface area contributed by atoms with Gasteiger partial charge in [-0.15, -0.1) is 13.2 Å². The summed E-state index contributed by atoms with van der Waals surface area (Å²) in [6, 6.07) is 13.8. The number of phenolic OH excluding ortho intramolecular Hbond substituents is 1. The highest BCUT2D eigenvalue weighted by Gasteiger charge is 2.71. The summed E-state index contributed by atoms with van der Waals surface area (Å²) >= 11 is 6.29. The third-order valence-corrected chi connectivity index (χ3v) is 12.0. The fraction of sp³-hybridized carbons (Fsp3) is 0.385. The van der Waals surface area contributed by atoms with Crippen LogP contribution in [0.15, 0.2) is 78.4 Å². The number of amides is 4. The molecule has 0 bridgehead atoms. The zero-order valence-electron chi connectivity index (χ0n) is 28.1. The Morgan fingerprint density at radius 2 is 1.57 bits per heavy atom. The number of rotatable bonds is 6. The van der Waals surface area contributed by atoms with E-state index in [0.717, 1.165) is 54.6 Å². The van der Waals surface area contributed by atoms with Crippen LogP contribution in [0.2, 0.25) is 5.02 Å². The van der Waals surface area contributed by atoms with E-state index in [2.05, 4.69) is 10.2 Å². The molecule has 0 spiro atoms. The van der Waals surface area contributed by atoms with E-state index in [4.69, 9.17) is 11.6 Å². The normalized spacial score (nSPS) is 28.8. The summed E-state index contributed by atoms with van der Waals surface area (Å²) in [5.41, 5.74) is 1.73. The molecule has 2 saturated carbocycles. The molecule has 4 amide bonds. The third-order valence-electron chi connectivity index (χ3n) is 11.8. The van der Waals surface area contributed by atoms with Crippen LogP contribution in [-0.4, -0.2) is 51.0 Å². The number of nitrogens with zero attached hydrogens (tertiary/aromatic N) is 2. The van der Waals surface area contributed by atoms with Gasteiger partial charge >= 0.3 is 6.36 Å². The summed E-state index contributed by atoms with van der Waals surface area (Å²) in [4.78, 5) is 59.8. The number of hydrogen-bond donors (Lipinski definition) is 2. The number of anilines is 1. The van der Waals surface area contributed by atoms with E-state index in [9.17, 15) is 37.1 Å². The van der Waals surface area contributed by atoms with Crippen LogP contribution in [0.25, 0.3) is 0 Å². The van der Waals surface area contributed by atoms with Crippen LogP contribution in [0.1, 0.15) is 62.0 Å². The van der Waals surface area contributed by atoms with E-state index in [1.165, 1.54) is 29.2 Å². The van der Waals surface area contributed by atoms with Crippen molar-refractivity contribution in [1.82, 2.24) is 9.91 Å². The van der Waals surface area contributed by atoms with Gasteiger partial charge in [-0.05, 0) is 91.8 Å². The number of aromatic hydroxyl groups is 1. The number of fused-ring (bicyclic) bond motifs is 4. The Balaban J connectivity index is 1.33. The van der Waals surface area contributed by atoms with Gasteiger partial charge in [0.05, 0.1) is 28.9 Å². The molecule has 6 atom stereocenters. The van der Waals surface area contributed by atoms with Crippen molar-refractivity contribution in [1.29, 1.82) is 0 Å². The summed E-state index contributed by atoms with van der Waals surface area (Å²) in [5, 5.41) is 12.6. The molecule has 2 N–H and O–H groups in total. The van der Waals surface area contributed by atoms with E-state index in [-0.39, 0.29) is 41.9 Å². The first kappa shape index (κ1) is 35.1. The van der Waals surface area contributed by atoms with Gasteiger partial charge in [0.25, 0.3) is 11.8 Å². The van der Waals surface area contributed by atoms with Crippen molar-refractivity contribution < 1.29 is 46.6 Å². The average molecular weight is 752 g/mol. The molecule has 2 saturated heterocycles. The number of imide groups is 2. The van der Waals surface area contributed by atoms with Gasteiger partial charge in [-0.25, -0.2) is 4.39 Å². The summed E-state index contributed by atoms with van der Waals surface area (Å²) < 4.78 is 58.8. The maximum absolute atomic E-state index is 15.2. The highest BCUT2D eigenvalue weighted by molar-refractivity contribution is 6.30. The van der Waals surface area contributed by atoms with Gasteiger partial charge < -0.3 is 9.84 Å². The van der Waals surface area contributed by atoms with Gasteiger partial charge in [0.2, 0.25) is 11.8 Å². The Morgan fingerprint density at radius 3 is 2.25 bits per heavy atom. The summed E-state index contributed by atoms with van der Waals surface area (Å²) in [6.45, 7) is 0. The lowest BCUT2D eigenvalue weighted by atomic mass is 9.49. The standard InChI is InChI=1S/C39H34ClF4N3O6/c40-21-8-6-20(7-9-21)38-30(35(50)47(37(38)52)45-23-12-10-22(41)11-13-23)19-28-26(33(38)29-18-25(14-17-31(29)48)53-39(42,43)44)15-16-27-32(28)36(51)46(34(27)49)24-4-2-1-3-5-24/h6-15,17-18,24,27-28,30,32-33,45,48H,1-5,16,19H2. The molecule has 0 radical (unpaired) electrons. The first-order valence-corrected chi connectivity index (χ1v) is 18.0. The zero-order valence-corrected chi connectivity index (χ0v) is 28.9. The number of likely N-dealkylation sites (tertiary alicyclic amines) is 1. The van der Waals surface area contributed by atoms with E-state index < -0.39 is 70.5 Å². The van der Waals surface area contributed by atoms with Gasteiger partial charge in [-0.3, -0.25) is 29.5 Å². The van der Waals surface area contributed by atoms with E-state index in [1.807, 2.05) is 0 Å². The van der Waals surface area contributed by atoms with Crippen molar-refractivity contribution in [2.24, 2.45) is 23.7 Å². The molecule has 0 aromatic heterocycles. The minimum atomic E-state index is -5.09. The molecule has 6 unspecified atom stereocenters. The predicted octanol–water partition coefficient (Wildman–Crippen LogP) is 7.40. The number of alkyl halides is 3. The molecule has 2 heterocycles. The smallest absolute Gasteiger partial charge is 0.508 e. The molecule has 9 nitrogen and oxygen atoms in total. The van der Waals surface area contributed by atoms with Crippen molar-refractivity contribution >= 4 is 40.9 Å². The third kappa shape index (κ3) is 5.66. The van der Waals surface area contributed by atoms with Crippen LogP contribution >= 0.6 is 11.6 Å². The van der Waals surface area contributed by atoms with Crippen LogP contribution < -0.4 is 10.2 Å². The largest absolute Gasteiger partial charge is 0.573 e. The van der Waals surface area contributed by atoms with Crippen LogP contribution in [0.3, 0.4) is 0 Å².